The summed E-state index contributed by atoms with van der Waals surface area (Å²) >= 11 is 0. The van der Waals surface area contributed by atoms with Crippen molar-refractivity contribution < 1.29 is 9.53 Å². The lowest BCUT2D eigenvalue weighted by atomic mass is 10.0. The Hall–Kier alpha value is -0.530. The van der Waals surface area contributed by atoms with Crippen molar-refractivity contribution in [1.29, 1.82) is 0 Å². The van der Waals surface area contributed by atoms with E-state index < -0.39 is 0 Å². The number of unbranched alkanes of at least 4 members (excludes halogenated alkanes) is 15. The molecule has 0 saturated carbocycles. The summed E-state index contributed by atoms with van der Waals surface area (Å²) in [5.74, 6) is -0.125. The third-order valence-corrected chi connectivity index (χ3v) is 5.32. The lowest BCUT2D eigenvalue weighted by Crippen LogP contribution is -2.15. The average Bonchev–Trinajstić information content (AvgIpc) is 2.61. The second-order valence-corrected chi connectivity index (χ2v) is 8.11. The van der Waals surface area contributed by atoms with Gasteiger partial charge in [0.25, 0.3) is 0 Å². The van der Waals surface area contributed by atoms with Gasteiger partial charge >= 0.3 is 5.97 Å². The average molecular weight is 369 g/mol. The Morgan fingerprint density at radius 1 is 0.577 bits per heavy atom. The number of ether oxygens (including phenoxy) is 1. The van der Waals surface area contributed by atoms with Crippen molar-refractivity contribution in [3.05, 3.63) is 0 Å². The summed E-state index contributed by atoms with van der Waals surface area (Å²) in [6.07, 6.45) is 25.7. The van der Waals surface area contributed by atoms with Gasteiger partial charge in [-0.1, -0.05) is 117 Å². The molecule has 0 rings (SSSR count). The molecule has 0 aromatic rings. The lowest BCUT2D eigenvalue weighted by Gasteiger charge is -2.15. The molecule has 0 saturated heterocycles. The van der Waals surface area contributed by atoms with Gasteiger partial charge < -0.3 is 4.74 Å². The van der Waals surface area contributed by atoms with Crippen molar-refractivity contribution in [1.82, 2.24) is 0 Å². The van der Waals surface area contributed by atoms with Crippen LogP contribution in [0.4, 0.5) is 0 Å². The van der Waals surface area contributed by atoms with Gasteiger partial charge in [0.1, 0.15) is 6.10 Å². The van der Waals surface area contributed by atoms with E-state index in [9.17, 15) is 4.79 Å². The van der Waals surface area contributed by atoms with Crippen molar-refractivity contribution in [2.75, 3.05) is 0 Å². The molecular weight excluding hydrogens is 320 g/mol. The number of carbonyl (C=O) groups excluding carboxylic acids is 1. The van der Waals surface area contributed by atoms with Gasteiger partial charge in [-0.25, -0.2) is 0 Å². The molecule has 0 aromatic carbocycles. The fourth-order valence-electron chi connectivity index (χ4n) is 3.74. The highest BCUT2D eigenvalue weighted by atomic mass is 16.5. The van der Waals surface area contributed by atoms with Gasteiger partial charge in [0, 0.05) is 6.92 Å². The number of hydrogen-bond acceptors (Lipinski definition) is 2. The van der Waals surface area contributed by atoms with E-state index in [0.717, 1.165) is 19.3 Å². The van der Waals surface area contributed by atoms with Crippen LogP contribution in [0.25, 0.3) is 0 Å². The van der Waals surface area contributed by atoms with Gasteiger partial charge in [-0.3, -0.25) is 4.79 Å². The molecule has 1 atom stereocenters. The molecule has 0 fully saturated rings. The van der Waals surface area contributed by atoms with Crippen LogP contribution < -0.4 is 0 Å². The van der Waals surface area contributed by atoms with E-state index in [1.54, 1.807) is 0 Å². The van der Waals surface area contributed by atoms with E-state index in [4.69, 9.17) is 4.74 Å². The van der Waals surface area contributed by atoms with E-state index in [-0.39, 0.29) is 12.1 Å². The van der Waals surface area contributed by atoms with Gasteiger partial charge in [-0.05, 0) is 19.3 Å². The molecule has 0 aliphatic carbocycles. The fraction of sp³-hybridized carbons (Fsp3) is 0.958. The number of rotatable bonds is 20. The molecule has 0 aromatic heterocycles. The van der Waals surface area contributed by atoms with Crippen LogP contribution in [0, 0.1) is 0 Å². The van der Waals surface area contributed by atoms with Crippen molar-refractivity contribution in [3.8, 4) is 0 Å². The SMILES string of the molecule is CCCCCCCCCCCCCCCCCCC(CCC)OC(C)=O. The van der Waals surface area contributed by atoms with Crippen LogP contribution in [0.15, 0.2) is 0 Å². The smallest absolute Gasteiger partial charge is 0.302 e. The topological polar surface area (TPSA) is 26.3 Å². The first-order chi connectivity index (χ1) is 12.7. The molecule has 2 nitrogen and oxygen atoms in total. The molecule has 156 valence electrons. The third-order valence-electron chi connectivity index (χ3n) is 5.32. The Morgan fingerprint density at radius 3 is 1.31 bits per heavy atom. The number of esters is 1. The predicted octanol–water partition coefficient (Wildman–Crippen LogP) is 8.37. The van der Waals surface area contributed by atoms with Gasteiger partial charge in [0.05, 0.1) is 0 Å². The van der Waals surface area contributed by atoms with E-state index in [2.05, 4.69) is 13.8 Å². The Kier molecular flexibility index (Phi) is 20.4. The van der Waals surface area contributed by atoms with E-state index in [0.29, 0.717) is 0 Å². The molecule has 0 aliphatic rings. The summed E-state index contributed by atoms with van der Waals surface area (Å²) in [4.78, 5) is 11.1. The normalized spacial score (nSPS) is 12.3. The first-order valence-corrected chi connectivity index (χ1v) is 11.9. The van der Waals surface area contributed by atoms with Gasteiger partial charge in [0.2, 0.25) is 0 Å². The summed E-state index contributed by atoms with van der Waals surface area (Å²) in [6.45, 7) is 5.97. The zero-order chi connectivity index (χ0) is 19.3. The zero-order valence-electron chi connectivity index (χ0n) is 18.3. The number of carbonyl (C=O) groups is 1. The Morgan fingerprint density at radius 2 is 0.962 bits per heavy atom. The van der Waals surface area contributed by atoms with Crippen molar-refractivity contribution in [3.63, 3.8) is 0 Å². The first-order valence-electron chi connectivity index (χ1n) is 11.9. The van der Waals surface area contributed by atoms with E-state index in [1.165, 1.54) is 110 Å². The van der Waals surface area contributed by atoms with Crippen LogP contribution >= 0.6 is 0 Å². The van der Waals surface area contributed by atoms with Crippen LogP contribution in [0.2, 0.25) is 0 Å². The predicted molar refractivity (Wildman–Crippen MR) is 115 cm³/mol. The van der Waals surface area contributed by atoms with Crippen LogP contribution in [0.5, 0.6) is 0 Å². The van der Waals surface area contributed by atoms with Crippen molar-refractivity contribution in [2.45, 2.75) is 149 Å². The summed E-state index contributed by atoms with van der Waals surface area (Å²) in [7, 11) is 0. The fourth-order valence-corrected chi connectivity index (χ4v) is 3.74. The molecule has 1 unspecified atom stereocenters. The van der Waals surface area contributed by atoms with E-state index in [1.807, 2.05) is 0 Å². The summed E-state index contributed by atoms with van der Waals surface area (Å²) < 4.78 is 5.38. The first kappa shape index (κ1) is 25.5. The Labute approximate surface area is 164 Å². The largest absolute Gasteiger partial charge is 0.463 e. The van der Waals surface area contributed by atoms with Crippen molar-refractivity contribution in [2.24, 2.45) is 0 Å². The van der Waals surface area contributed by atoms with Gasteiger partial charge in [-0.2, -0.15) is 0 Å². The van der Waals surface area contributed by atoms with Crippen molar-refractivity contribution >= 4 is 5.97 Å². The molecule has 0 amide bonds. The van der Waals surface area contributed by atoms with Gasteiger partial charge in [-0.15, -0.1) is 0 Å². The van der Waals surface area contributed by atoms with E-state index >= 15 is 0 Å². The number of hydrogen-bond donors (Lipinski definition) is 0. The maximum atomic E-state index is 11.1. The maximum Gasteiger partial charge on any atom is 0.302 e. The van der Waals surface area contributed by atoms with Crippen LogP contribution in [0.3, 0.4) is 0 Å². The summed E-state index contributed by atoms with van der Waals surface area (Å²) in [5.41, 5.74) is 0. The standard InChI is InChI=1S/C24H48O2/c1-4-6-7-8-9-10-11-12-13-14-15-16-17-18-19-20-22-24(21-5-2)26-23(3)25/h24H,4-22H2,1-3H3. The molecule has 0 radical (unpaired) electrons. The highest BCUT2D eigenvalue weighted by Crippen LogP contribution is 2.16. The molecule has 2 heteroatoms. The minimum atomic E-state index is -0.125. The van der Waals surface area contributed by atoms with Gasteiger partial charge in [0.15, 0.2) is 0 Å². The minimum absolute atomic E-state index is 0.125. The third kappa shape index (κ3) is 19.8. The zero-order valence-corrected chi connectivity index (χ0v) is 18.3. The highest BCUT2D eigenvalue weighted by molar-refractivity contribution is 5.66. The molecule has 0 aliphatic heterocycles. The maximum absolute atomic E-state index is 11.1. The Balaban J connectivity index is 3.22. The molecule has 0 bridgehead atoms. The van der Waals surface area contributed by atoms with Crippen LogP contribution in [0.1, 0.15) is 143 Å². The van der Waals surface area contributed by atoms with Crippen LogP contribution in [-0.2, 0) is 9.53 Å². The van der Waals surface area contributed by atoms with Crippen LogP contribution in [-0.4, -0.2) is 12.1 Å². The molecule has 0 spiro atoms. The Bertz CT molecular complexity index is 288. The monoisotopic (exact) mass is 368 g/mol. The second kappa shape index (κ2) is 20.8. The molecular formula is C24H48O2. The molecule has 0 N–H and O–H groups in total. The minimum Gasteiger partial charge on any atom is -0.463 e. The summed E-state index contributed by atoms with van der Waals surface area (Å²) in [6, 6.07) is 0. The lowest BCUT2D eigenvalue weighted by molar-refractivity contribution is -0.147. The second-order valence-electron chi connectivity index (χ2n) is 8.11. The summed E-state index contributed by atoms with van der Waals surface area (Å²) in [5, 5.41) is 0. The molecule has 26 heavy (non-hydrogen) atoms. The quantitative estimate of drug-likeness (QED) is 0.159. The molecule has 0 heterocycles. The highest BCUT2D eigenvalue weighted by Gasteiger charge is 2.10.